The molecule has 0 aromatic heterocycles. The van der Waals surface area contributed by atoms with Gasteiger partial charge in [0.05, 0.1) is 18.8 Å². The predicted octanol–water partition coefficient (Wildman–Crippen LogP) is 0.622. The average molecular weight is 272 g/mol. The first kappa shape index (κ1) is 16.4. The topological polar surface area (TPSA) is 61.8 Å². The van der Waals surface area contributed by atoms with Crippen molar-refractivity contribution in [2.24, 2.45) is 5.92 Å². The number of hydrogen-bond acceptors (Lipinski definition) is 4. The Hall–Kier alpha value is -0.650. The van der Waals surface area contributed by atoms with Crippen molar-refractivity contribution in [2.75, 3.05) is 39.4 Å². The average Bonchev–Trinajstić information content (AvgIpc) is 2.38. The first-order valence-corrected chi connectivity index (χ1v) is 7.28. The largest absolute Gasteiger partial charge is 0.387 e. The molecule has 0 aromatic carbocycles. The quantitative estimate of drug-likeness (QED) is 0.713. The summed E-state index contributed by atoms with van der Waals surface area (Å²) in [6.45, 7) is 9.80. The van der Waals surface area contributed by atoms with E-state index in [0.29, 0.717) is 13.1 Å². The summed E-state index contributed by atoms with van der Waals surface area (Å²) in [5.74, 6) is 0.103. The highest BCUT2D eigenvalue weighted by molar-refractivity contribution is 5.78. The molecule has 112 valence electrons. The van der Waals surface area contributed by atoms with Crippen molar-refractivity contribution in [2.45, 2.75) is 39.2 Å². The van der Waals surface area contributed by atoms with Gasteiger partial charge in [-0.15, -0.1) is 0 Å². The van der Waals surface area contributed by atoms with E-state index in [4.69, 9.17) is 4.74 Å². The molecule has 1 fully saturated rings. The highest BCUT2D eigenvalue weighted by atomic mass is 16.5. The molecule has 1 heterocycles. The third-order valence-corrected chi connectivity index (χ3v) is 3.67. The zero-order valence-corrected chi connectivity index (χ0v) is 12.4. The van der Waals surface area contributed by atoms with Crippen LogP contribution in [0.1, 0.15) is 33.6 Å². The van der Waals surface area contributed by atoms with Crippen LogP contribution in [0.5, 0.6) is 0 Å². The first-order valence-electron chi connectivity index (χ1n) is 7.28. The van der Waals surface area contributed by atoms with Gasteiger partial charge in [0.25, 0.3) is 0 Å². The Morgan fingerprint density at radius 1 is 1.37 bits per heavy atom. The second-order valence-corrected chi connectivity index (χ2v) is 5.62. The minimum Gasteiger partial charge on any atom is -0.387 e. The van der Waals surface area contributed by atoms with Gasteiger partial charge in [-0.3, -0.25) is 9.69 Å². The number of β-amino-alcohol motifs (C(OH)–C–C–N with tert-alkyl or cyclic N) is 1. The molecule has 1 saturated heterocycles. The number of aliphatic hydroxyl groups is 1. The monoisotopic (exact) mass is 272 g/mol. The summed E-state index contributed by atoms with van der Waals surface area (Å²) in [4.78, 5) is 14.1. The number of nitrogens with zero attached hydrogens (tertiary/aromatic N) is 1. The lowest BCUT2D eigenvalue weighted by Gasteiger charge is -2.34. The molecule has 1 atom stereocenters. The summed E-state index contributed by atoms with van der Waals surface area (Å²) in [5.41, 5.74) is -0.890. The Bertz CT molecular complexity index is 272. The second-order valence-electron chi connectivity index (χ2n) is 5.62. The van der Waals surface area contributed by atoms with E-state index in [1.165, 1.54) is 0 Å². The molecule has 0 radical (unpaired) electrons. The van der Waals surface area contributed by atoms with Crippen molar-refractivity contribution < 1.29 is 14.6 Å². The van der Waals surface area contributed by atoms with Gasteiger partial charge in [0.2, 0.25) is 5.91 Å². The van der Waals surface area contributed by atoms with Crippen molar-refractivity contribution in [3.63, 3.8) is 0 Å². The highest BCUT2D eigenvalue weighted by Crippen LogP contribution is 2.10. The third kappa shape index (κ3) is 5.89. The van der Waals surface area contributed by atoms with Crippen molar-refractivity contribution in [1.29, 1.82) is 0 Å². The Morgan fingerprint density at radius 3 is 2.47 bits per heavy atom. The molecule has 1 amide bonds. The summed E-state index contributed by atoms with van der Waals surface area (Å²) >= 11 is 0. The van der Waals surface area contributed by atoms with Gasteiger partial charge >= 0.3 is 0 Å². The third-order valence-electron chi connectivity index (χ3n) is 3.67. The molecular weight excluding hydrogens is 244 g/mol. The fraction of sp³-hybridized carbons (Fsp3) is 0.929. The van der Waals surface area contributed by atoms with E-state index in [1.807, 2.05) is 13.8 Å². The lowest BCUT2D eigenvalue weighted by atomic mass is 10.0. The summed E-state index contributed by atoms with van der Waals surface area (Å²) in [6.07, 6.45) is 1.68. The fourth-order valence-corrected chi connectivity index (χ4v) is 2.38. The number of hydrogen-bond donors (Lipinski definition) is 2. The van der Waals surface area contributed by atoms with Crippen LogP contribution in [-0.4, -0.2) is 60.9 Å². The SMILES string of the molecule is CCC(CC)C(=O)NCC(C)(O)CN1CCOCC1. The second kappa shape index (κ2) is 7.82. The van der Waals surface area contributed by atoms with E-state index in [-0.39, 0.29) is 11.8 Å². The van der Waals surface area contributed by atoms with Gasteiger partial charge in [-0.25, -0.2) is 0 Å². The Morgan fingerprint density at radius 2 is 1.95 bits per heavy atom. The standard InChI is InChI=1S/C14H28N2O3/c1-4-12(5-2)13(17)15-10-14(3,18)11-16-6-8-19-9-7-16/h12,18H,4-11H2,1-3H3,(H,15,17). The van der Waals surface area contributed by atoms with Crippen LogP contribution in [0, 0.1) is 5.92 Å². The van der Waals surface area contributed by atoms with Gasteiger partial charge in [-0.1, -0.05) is 13.8 Å². The number of rotatable bonds is 7. The van der Waals surface area contributed by atoms with Crippen LogP contribution >= 0.6 is 0 Å². The maximum absolute atomic E-state index is 11.9. The molecule has 5 nitrogen and oxygen atoms in total. The summed E-state index contributed by atoms with van der Waals surface area (Å²) in [5, 5.41) is 13.2. The van der Waals surface area contributed by atoms with Crippen LogP contribution in [0.2, 0.25) is 0 Å². The number of ether oxygens (including phenoxy) is 1. The number of nitrogens with one attached hydrogen (secondary N) is 1. The van der Waals surface area contributed by atoms with Crippen molar-refractivity contribution in [1.82, 2.24) is 10.2 Å². The summed E-state index contributed by atoms with van der Waals surface area (Å²) in [6, 6.07) is 0. The number of morpholine rings is 1. The van der Waals surface area contributed by atoms with Gasteiger partial charge in [-0.05, 0) is 19.8 Å². The van der Waals surface area contributed by atoms with Crippen LogP contribution in [0.15, 0.2) is 0 Å². The molecule has 1 rings (SSSR count). The number of carbonyl (C=O) groups is 1. The summed E-state index contributed by atoms with van der Waals surface area (Å²) in [7, 11) is 0. The van der Waals surface area contributed by atoms with Crippen LogP contribution in [0.3, 0.4) is 0 Å². The molecule has 0 aromatic rings. The zero-order chi connectivity index (χ0) is 14.3. The van der Waals surface area contributed by atoms with Crippen LogP contribution in [0.25, 0.3) is 0 Å². The molecule has 1 aliphatic rings. The van der Waals surface area contributed by atoms with E-state index >= 15 is 0 Å². The van der Waals surface area contributed by atoms with E-state index in [1.54, 1.807) is 6.92 Å². The van der Waals surface area contributed by atoms with Crippen molar-refractivity contribution in [3.05, 3.63) is 0 Å². The first-order chi connectivity index (χ1) is 8.98. The molecule has 5 heteroatoms. The molecule has 2 N–H and O–H groups in total. The lowest BCUT2D eigenvalue weighted by molar-refractivity contribution is -0.126. The van der Waals surface area contributed by atoms with Crippen LogP contribution < -0.4 is 5.32 Å². The highest BCUT2D eigenvalue weighted by Gasteiger charge is 2.26. The van der Waals surface area contributed by atoms with Gasteiger partial charge < -0.3 is 15.2 Å². The van der Waals surface area contributed by atoms with Gasteiger partial charge in [-0.2, -0.15) is 0 Å². The smallest absolute Gasteiger partial charge is 0.223 e. The lowest BCUT2D eigenvalue weighted by Crippen LogP contribution is -2.51. The Balaban J connectivity index is 2.34. The molecule has 0 bridgehead atoms. The Labute approximate surface area is 116 Å². The number of carbonyl (C=O) groups excluding carboxylic acids is 1. The Kier molecular flexibility index (Phi) is 6.75. The maximum Gasteiger partial charge on any atom is 0.223 e. The normalized spacial score (nSPS) is 20.3. The minimum atomic E-state index is -0.890. The van der Waals surface area contributed by atoms with Gasteiger partial charge in [0, 0.05) is 32.1 Å². The minimum absolute atomic E-state index is 0.0484. The van der Waals surface area contributed by atoms with E-state index in [2.05, 4.69) is 10.2 Å². The number of amides is 1. The van der Waals surface area contributed by atoms with E-state index < -0.39 is 5.60 Å². The molecule has 19 heavy (non-hydrogen) atoms. The molecular formula is C14H28N2O3. The fourth-order valence-electron chi connectivity index (χ4n) is 2.38. The van der Waals surface area contributed by atoms with Crippen molar-refractivity contribution >= 4 is 5.91 Å². The predicted molar refractivity (Wildman–Crippen MR) is 75.0 cm³/mol. The molecule has 1 unspecified atom stereocenters. The van der Waals surface area contributed by atoms with E-state index in [9.17, 15) is 9.90 Å². The molecule has 0 aliphatic carbocycles. The summed E-state index contributed by atoms with van der Waals surface area (Å²) < 4.78 is 5.28. The molecule has 0 saturated carbocycles. The molecule has 0 spiro atoms. The van der Waals surface area contributed by atoms with Crippen LogP contribution in [-0.2, 0) is 9.53 Å². The van der Waals surface area contributed by atoms with Gasteiger partial charge in [0.15, 0.2) is 0 Å². The zero-order valence-electron chi connectivity index (χ0n) is 12.4. The van der Waals surface area contributed by atoms with E-state index in [0.717, 1.165) is 39.1 Å². The van der Waals surface area contributed by atoms with Crippen LogP contribution in [0.4, 0.5) is 0 Å². The van der Waals surface area contributed by atoms with Gasteiger partial charge in [0.1, 0.15) is 0 Å². The van der Waals surface area contributed by atoms with Crippen molar-refractivity contribution in [3.8, 4) is 0 Å². The maximum atomic E-state index is 11.9. The molecule has 1 aliphatic heterocycles.